The molecule has 1 N–H and O–H groups in total. The van der Waals surface area contributed by atoms with Crippen molar-refractivity contribution in [1.82, 2.24) is 0 Å². The number of para-hydroxylation sites is 1. The molecule has 124 valence electrons. The molecule has 3 aromatic rings. The van der Waals surface area contributed by atoms with E-state index in [2.05, 4.69) is 5.32 Å². The van der Waals surface area contributed by atoms with E-state index in [4.69, 9.17) is 0 Å². The van der Waals surface area contributed by atoms with E-state index >= 15 is 0 Å². The number of rotatable bonds is 5. The van der Waals surface area contributed by atoms with Crippen LogP contribution in [0.1, 0.15) is 10.4 Å². The molecule has 0 aromatic heterocycles. The van der Waals surface area contributed by atoms with Crippen LogP contribution < -0.4 is 5.32 Å². The van der Waals surface area contributed by atoms with Gasteiger partial charge in [-0.05, 0) is 35.4 Å². The number of amides is 1. The van der Waals surface area contributed by atoms with Crippen LogP contribution >= 0.6 is 11.8 Å². The number of benzene rings is 3. The Labute approximate surface area is 151 Å². The molecule has 0 unspecified atom stereocenters. The smallest absolute Gasteiger partial charge is 0.234 e. The van der Waals surface area contributed by atoms with Gasteiger partial charge in [-0.3, -0.25) is 9.59 Å². The number of anilines is 1. The van der Waals surface area contributed by atoms with E-state index in [1.54, 1.807) is 12.1 Å². The minimum Gasteiger partial charge on any atom is -0.325 e. The predicted molar refractivity (Wildman–Crippen MR) is 104 cm³/mol. The van der Waals surface area contributed by atoms with Gasteiger partial charge in [-0.2, -0.15) is 0 Å². The van der Waals surface area contributed by atoms with Crippen molar-refractivity contribution in [3.63, 3.8) is 0 Å². The molecule has 0 aliphatic carbocycles. The van der Waals surface area contributed by atoms with Crippen LogP contribution in [0.15, 0.2) is 84.9 Å². The summed E-state index contributed by atoms with van der Waals surface area (Å²) < 4.78 is 0. The van der Waals surface area contributed by atoms with E-state index in [0.29, 0.717) is 5.56 Å². The second-order valence-corrected chi connectivity index (χ2v) is 6.38. The Morgan fingerprint density at radius 2 is 1.28 bits per heavy atom. The highest BCUT2D eigenvalue weighted by Crippen LogP contribution is 2.21. The van der Waals surface area contributed by atoms with E-state index in [1.165, 1.54) is 0 Å². The molecule has 3 nitrogen and oxygen atoms in total. The first-order valence-electron chi connectivity index (χ1n) is 7.90. The average Bonchev–Trinajstić information content (AvgIpc) is 2.68. The molecule has 0 spiro atoms. The number of hydrogen-bond donors (Lipinski definition) is 1. The fraction of sp³-hybridized carbons (Fsp3) is 0.0476. The Morgan fingerprint density at radius 1 is 0.720 bits per heavy atom. The largest absolute Gasteiger partial charge is 0.325 e. The first kappa shape index (κ1) is 17.0. The summed E-state index contributed by atoms with van der Waals surface area (Å²) in [5.41, 5.74) is 3.49. The van der Waals surface area contributed by atoms with Gasteiger partial charge in [-0.15, -0.1) is 0 Å². The molecule has 4 heteroatoms. The molecule has 0 aliphatic heterocycles. The van der Waals surface area contributed by atoms with Gasteiger partial charge in [0.1, 0.15) is 0 Å². The van der Waals surface area contributed by atoms with Gasteiger partial charge in [0.05, 0.1) is 5.75 Å². The van der Waals surface area contributed by atoms with Crippen molar-refractivity contribution in [3.8, 4) is 11.1 Å². The van der Waals surface area contributed by atoms with Crippen molar-refractivity contribution in [3.05, 3.63) is 90.5 Å². The van der Waals surface area contributed by atoms with E-state index in [0.717, 1.165) is 28.6 Å². The average molecular weight is 347 g/mol. The molecule has 0 radical (unpaired) electrons. The van der Waals surface area contributed by atoms with Gasteiger partial charge < -0.3 is 5.32 Å². The molecule has 0 bridgehead atoms. The third-order valence-corrected chi connectivity index (χ3v) is 4.52. The van der Waals surface area contributed by atoms with E-state index in [9.17, 15) is 9.59 Å². The fourth-order valence-corrected chi connectivity index (χ4v) is 3.00. The predicted octanol–water partition coefficient (Wildman–Crippen LogP) is 4.87. The minimum atomic E-state index is -0.189. The summed E-state index contributed by atoms with van der Waals surface area (Å²) in [6.07, 6.45) is 0. The van der Waals surface area contributed by atoms with Crippen LogP contribution in [0.3, 0.4) is 0 Å². The van der Waals surface area contributed by atoms with Crippen LogP contribution in [0, 0.1) is 0 Å². The fourth-order valence-electron chi connectivity index (χ4n) is 2.36. The number of carbonyl (C=O) groups excluding carboxylic acids is 2. The van der Waals surface area contributed by atoms with Gasteiger partial charge in [0.15, 0.2) is 0 Å². The SMILES string of the molecule is O=C(CSC(=O)c1ccc(-c2ccccc2)cc1)Nc1ccccc1. The summed E-state index contributed by atoms with van der Waals surface area (Å²) in [4.78, 5) is 24.1. The van der Waals surface area contributed by atoms with Crippen LogP contribution in [0.4, 0.5) is 5.69 Å². The summed E-state index contributed by atoms with van der Waals surface area (Å²) >= 11 is 1.01. The molecule has 0 atom stereocenters. The highest BCUT2D eigenvalue weighted by molar-refractivity contribution is 8.14. The van der Waals surface area contributed by atoms with Gasteiger partial charge in [0, 0.05) is 11.3 Å². The first-order chi connectivity index (χ1) is 12.2. The number of hydrogen-bond acceptors (Lipinski definition) is 3. The van der Waals surface area contributed by atoms with Crippen molar-refractivity contribution in [2.75, 3.05) is 11.1 Å². The normalized spacial score (nSPS) is 10.2. The first-order valence-corrected chi connectivity index (χ1v) is 8.88. The molecule has 1 amide bonds. The Balaban J connectivity index is 1.55. The van der Waals surface area contributed by atoms with Gasteiger partial charge in [-0.1, -0.05) is 72.4 Å². The van der Waals surface area contributed by atoms with Crippen LogP contribution in [-0.2, 0) is 4.79 Å². The highest BCUT2D eigenvalue weighted by Gasteiger charge is 2.10. The molecule has 3 aromatic carbocycles. The Bertz CT molecular complexity index is 846. The highest BCUT2D eigenvalue weighted by atomic mass is 32.2. The van der Waals surface area contributed by atoms with E-state index < -0.39 is 0 Å². The van der Waals surface area contributed by atoms with E-state index in [1.807, 2.05) is 72.8 Å². The topological polar surface area (TPSA) is 46.2 Å². The van der Waals surface area contributed by atoms with Crippen LogP contribution in [0.25, 0.3) is 11.1 Å². The van der Waals surface area contributed by atoms with Gasteiger partial charge in [0.25, 0.3) is 0 Å². The van der Waals surface area contributed by atoms with Crippen LogP contribution in [0.5, 0.6) is 0 Å². The molecule has 0 fully saturated rings. The van der Waals surface area contributed by atoms with Crippen LogP contribution in [-0.4, -0.2) is 16.8 Å². The number of nitrogens with one attached hydrogen (secondary N) is 1. The van der Waals surface area contributed by atoms with Crippen LogP contribution in [0.2, 0.25) is 0 Å². The lowest BCUT2D eigenvalue weighted by molar-refractivity contribution is -0.113. The lowest BCUT2D eigenvalue weighted by Gasteiger charge is -2.05. The van der Waals surface area contributed by atoms with Crippen molar-refractivity contribution >= 4 is 28.5 Å². The molecule has 25 heavy (non-hydrogen) atoms. The summed E-state index contributed by atoms with van der Waals surface area (Å²) in [6.45, 7) is 0. The maximum absolute atomic E-state index is 12.2. The number of thioether (sulfide) groups is 1. The lowest BCUT2D eigenvalue weighted by Crippen LogP contribution is -2.15. The van der Waals surface area contributed by atoms with Crippen molar-refractivity contribution in [1.29, 1.82) is 0 Å². The molecular formula is C21H17NO2S. The third-order valence-electron chi connectivity index (χ3n) is 3.62. The molecule has 0 heterocycles. The Morgan fingerprint density at radius 3 is 1.92 bits per heavy atom. The Hall–Kier alpha value is -2.85. The summed E-state index contributed by atoms with van der Waals surface area (Å²) in [5, 5.41) is 2.66. The second-order valence-electron chi connectivity index (χ2n) is 5.43. The zero-order valence-corrected chi connectivity index (χ0v) is 14.3. The quantitative estimate of drug-likeness (QED) is 0.716. The summed E-state index contributed by atoms with van der Waals surface area (Å²) in [7, 11) is 0. The lowest BCUT2D eigenvalue weighted by atomic mass is 10.0. The molecule has 0 saturated heterocycles. The molecule has 3 rings (SSSR count). The zero-order valence-electron chi connectivity index (χ0n) is 13.5. The minimum absolute atomic E-state index is 0.0914. The molecule has 0 aliphatic rings. The Kier molecular flexibility index (Phi) is 5.65. The third kappa shape index (κ3) is 4.81. The number of carbonyl (C=O) groups is 2. The van der Waals surface area contributed by atoms with Gasteiger partial charge >= 0.3 is 0 Å². The maximum atomic E-state index is 12.2. The maximum Gasteiger partial charge on any atom is 0.234 e. The van der Waals surface area contributed by atoms with Crippen molar-refractivity contribution < 1.29 is 9.59 Å². The molecule has 0 saturated carbocycles. The standard InChI is InChI=1S/C21H17NO2S/c23-20(22-19-9-5-2-6-10-19)15-25-21(24)18-13-11-17(12-14-18)16-7-3-1-4-8-16/h1-14H,15H2,(H,22,23). The summed E-state index contributed by atoms with van der Waals surface area (Å²) in [6, 6.07) is 26.6. The monoisotopic (exact) mass is 347 g/mol. The van der Waals surface area contributed by atoms with Crippen molar-refractivity contribution in [2.45, 2.75) is 0 Å². The van der Waals surface area contributed by atoms with E-state index in [-0.39, 0.29) is 16.8 Å². The molecular weight excluding hydrogens is 330 g/mol. The second kappa shape index (κ2) is 8.31. The van der Waals surface area contributed by atoms with Gasteiger partial charge in [0.2, 0.25) is 11.0 Å². The zero-order chi connectivity index (χ0) is 17.5. The van der Waals surface area contributed by atoms with Crippen molar-refractivity contribution in [2.24, 2.45) is 0 Å². The summed E-state index contributed by atoms with van der Waals surface area (Å²) in [5.74, 6) is -0.0980. The van der Waals surface area contributed by atoms with Gasteiger partial charge in [-0.25, -0.2) is 0 Å².